The van der Waals surface area contributed by atoms with Crippen LogP contribution in [0.5, 0.6) is 0 Å². The lowest BCUT2D eigenvalue weighted by molar-refractivity contribution is 0.636. The minimum Gasteiger partial charge on any atom is -0.370 e. The van der Waals surface area contributed by atoms with E-state index in [9.17, 15) is 14.9 Å². The van der Waals surface area contributed by atoms with Crippen LogP contribution in [0.25, 0.3) is 19.4 Å². The molecule has 3 aromatic heterocycles. The van der Waals surface area contributed by atoms with Gasteiger partial charge in [0.1, 0.15) is 12.1 Å². The Morgan fingerprint density at radius 1 is 0.611 bits per heavy atom. The summed E-state index contributed by atoms with van der Waals surface area (Å²) < 4.78 is 15.5. The molecule has 256 valence electrons. The summed E-state index contributed by atoms with van der Waals surface area (Å²) in [5.74, 6) is 0.745. The molecule has 1 N–H and O–H groups in total. The fraction of sp³-hybridized carbons (Fsp3) is 0.0270. The van der Waals surface area contributed by atoms with Crippen LogP contribution in [0.1, 0.15) is 12.8 Å². The van der Waals surface area contributed by atoms with Gasteiger partial charge in [-0.15, -0.1) is 19.9 Å². The van der Waals surface area contributed by atoms with Gasteiger partial charge in [0, 0.05) is 5.69 Å². The van der Waals surface area contributed by atoms with Gasteiger partial charge in [-0.3, -0.25) is 14.2 Å². The molecule has 15 nitrogen and oxygen atoms in total. The lowest BCUT2D eigenvalue weighted by atomic mass is 10.2. The zero-order valence-corrected chi connectivity index (χ0v) is 28.1. The molecule has 6 aromatic rings. The monoisotopic (exact) mass is 728 g/mol. The van der Waals surface area contributed by atoms with Gasteiger partial charge < -0.3 is 24.7 Å². The molecule has 1 aliphatic heterocycles. The number of para-hydroxylation sites is 3. The van der Waals surface area contributed by atoms with Crippen LogP contribution in [0.3, 0.4) is 0 Å². The zero-order valence-electron chi connectivity index (χ0n) is 28.4. The van der Waals surface area contributed by atoms with Gasteiger partial charge in [0.2, 0.25) is 0 Å². The number of benzene rings is 3. The number of fused-ring (bicyclic) bond motifs is 2. The number of nitrogens with one attached hydrogen (secondary N) is 1. The molecule has 0 atom stereocenters. The van der Waals surface area contributed by atoms with Crippen LogP contribution in [-0.4, -0.2) is 37.1 Å². The first-order chi connectivity index (χ1) is 26.8. The third-order valence-electron chi connectivity index (χ3n) is 7.05. The van der Waals surface area contributed by atoms with Crippen LogP contribution < -0.4 is 15.1 Å². The lowest BCUT2D eigenvalue weighted by Crippen LogP contribution is -2.28. The van der Waals surface area contributed by atoms with E-state index >= 15 is 0 Å². The Morgan fingerprint density at radius 3 is 1.35 bits per heavy atom. The number of hydrogen-bond acceptors (Lipinski definition) is 11. The lowest BCUT2D eigenvalue weighted by Gasteiger charge is -2.33. The van der Waals surface area contributed by atoms with Crippen molar-refractivity contribution in [1.29, 1.82) is 10.5 Å². The minimum absolute atomic E-state index is 0.0622. The van der Waals surface area contributed by atoms with Crippen molar-refractivity contribution >= 4 is 81.0 Å². The number of halogens is 2. The van der Waals surface area contributed by atoms with Crippen molar-refractivity contribution in [2.45, 2.75) is 0 Å². The van der Waals surface area contributed by atoms with Crippen LogP contribution in [0.15, 0.2) is 91.0 Å². The summed E-state index contributed by atoms with van der Waals surface area (Å²) in [4.78, 5) is 41.9. The minimum atomic E-state index is -1.00. The van der Waals surface area contributed by atoms with Crippen molar-refractivity contribution in [2.75, 3.05) is 22.3 Å². The summed E-state index contributed by atoms with van der Waals surface area (Å²) in [5.41, 5.74) is 1.74. The Kier molecular flexibility index (Phi) is 11.1. The van der Waals surface area contributed by atoms with Gasteiger partial charge in [0.05, 0.1) is 19.9 Å². The Bertz CT molecular complexity index is 2420. The maximum absolute atomic E-state index is 9.96. The topological polar surface area (TPSA) is 161 Å². The summed E-state index contributed by atoms with van der Waals surface area (Å²) in [6, 6.07) is 31.3. The Balaban J connectivity index is 0.000000232. The maximum Gasteiger partial charge on any atom is 0.300 e. The number of anilines is 8. The normalized spacial score (nSPS) is 10.6. The molecule has 4 heterocycles. The van der Waals surface area contributed by atoms with Gasteiger partial charge in [-0.1, -0.05) is 80.9 Å². The fourth-order valence-corrected chi connectivity index (χ4v) is 5.02. The molecule has 0 spiro atoms. The van der Waals surface area contributed by atoms with E-state index in [0.717, 1.165) is 5.69 Å². The number of nitrogens with zero attached hydrogens (tertiary/aromatic N) is 14. The van der Waals surface area contributed by atoms with E-state index in [0.29, 0.717) is 11.4 Å². The number of nitriles is 2. The van der Waals surface area contributed by atoms with E-state index in [-0.39, 0.29) is 68.9 Å². The van der Waals surface area contributed by atoms with Gasteiger partial charge in [-0.25, -0.2) is 9.97 Å². The first-order valence-corrected chi connectivity index (χ1v) is 15.3. The standard InChI is InChI=1S/C24H10N10.C12H6ClN5.CH3F/c1-27-19-20(28-2)32-24-23(31-19)33(15-9-5-3-6-10-15)21-22(30-18(14-26)17(13-25)29-21)34(24)16-11-7-4-8-12-16;1-14-11-12(15-2)18-10(9(13)17-11)16-8-6-4-3-5-7-8;1-2/h3-12H;3-7H,(H,16,18);1H3/i;;1D. The molecular weight excluding hydrogens is 709 g/mol. The molecule has 0 saturated heterocycles. The number of rotatable bonds is 4. The molecule has 17 heteroatoms. The molecule has 7 rings (SSSR count). The first-order valence-electron chi connectivity index (χ1n) is 15.7. The number of hydrogen-bond donors (Lipinski definition) is 1. The molecule has 3 aromatic carbocycles. The fourth-order valence-electron chi connectivity index (χ4n) is 4.85. The van der Waals surface area contributed by atoms with Gasteiger partial charge in [-0.2, -0.15) is 10.5 Å². The van der Waals surface area contributed by atoms with E-state index in [1.807, 2.05) is 78.9 Å². The molecule has 0 aliphatic carbocycles. The molecule has 0 amide bonds. The van der Waals surface area contributed by atoms with Crippen molar-refractivity contribution < 1.29 is 5.76 Å². The predicted octanol–water partition coefficient (Wildman–Crippen LogP) is 9.93. The molecule has 0 saturated carbocycles. The summed E-state index contributed by atoms with van der Waals surface area (Å²) in [6.07, 6.45) is 0. The molecule has 0 fully saturated rings. The second kappa shape index (κ2) is 16.9. The van der Waals surface area contributed by atoms with Gasteiger partial charge >= 0.3 is 11.6 Å². The van der Waals surface area contributed by atoms with E-state index in [1.54, 1.807) is 34.1 Å². The first kappa shape index (κ1) is 35.3. The molecule has 0 bridgehead atoms. The highest BCUT2D eigenvalue weighted by molar-refractivity contribution is 6.32. The van der Waals surface area contributed by atoms with Gasteiger partial charge in [0.15, 0.2) is 23.0 Å². The third-order valence-corrected chi connectivity index (χ3v) is 7.31. The Hall–Kier alpha value is -8.54. The number of alkyl halides is 1. The molecule has 0 unspecified atom stereocenters. The van der Waals surface area contributed by atoms with Gasteiger partial charge in [-0.05, 0) is 48.0 Å². The van der Waals surface area contributed by atoms with Crippen LogP contribution in [-0.2, 0) is 0 Å². The average molecular weight is 729 g/mol. The average Bonchev–Trinajstić information content (AvgIpc) is 3.23. The second-order valence-corrected chi connectivity index (χ2v) is 10.5. The predicted molar refractivity (Wildman–Crippen MR) is 199 cm³/mol. The SMILES string of the molecule is [2H]CF.[C-]#[N+]c1nc(Cl)c(Nc2ccccc2)nc1[N+]#[C-].[C-]#[N+]c1nc2c(nc1[N+]#[C-])N(c1ccccc1)c1nc(C#N)c(C#N)nc1N2c1ccccc1. The van der Waals surface area contributed by atoms with Gasteiger partial charge in [0.25, 0.3) is 34.2 Å². The van der Waals surface area contributed by atoms with Crippen molar-refractivity contribution in [3.05, 3.63) is 153 Å². The largest absolute Gasteiger partial charge is 0.370 e. The van der Waals surface area contributed by atoms with E-state index in [4.69, 9.17) is 39.3 Å². The van der Waals surface area contributed by atoms with Crippen LogP contribution in [0.4, 0.5) is 73.8 Å². The summed E-state index contributed by atoms with van der Waals surface area (Å²) >= 11 is 5.90. The van der Waals surface area contributed by atoms with Crippen molar-refractivity contribution in [2.24, 2.45) is 0 Å². The third kappa shape index (κ3) is 7.32. The van der Waals surface area contributed by atoms with Crippen LogP contribution in [0, 0.1) is 49.0 Å². The van der Waals surface area contributed by atoms with Crippen LogP contribution >= 0.6 is 11.6 Å². The highest BCUT2D eigenvalue weighted by atomic mass is 35.5. The summed E-state index contributed by atoms with van der Waals surface area (Å²) in [5, 5.41) is 22.2. The maximum atomic E-state index is 9.96. The van der Waals surface area contributed by atoms with Crippen molar-refractivity contribution in [3.8, 4) is 12.1 Å². The quantitative estimate of drug-likeness (QED) is 0.172. The number of aromatic nitrogens is 6. The molecule has 1 aliphatic rings. The molecule has 0 radical (unpaired) electrons. The van der Waals surface area contributed by atoms with Crippen molar-refractivity contribution in [1.82, 2.24) is 29.9 Å². The summed E-state index contributed by atoms with van der Waals surface area (Å²) in [7, 11) is -1.00. The van der Waals surface area contributed by atoms with Crippen molar-refractivity contribution in [3.63, 3.8) is 0 Å². The zero-order chi connectivity index (χ0) is 39.3. The highest BCUT2D eigenvalue weighted by Gasteiger charge is 2.42. The smallest absolute Gasteiger partial charge is 0.300 e. The molecular formula is C37H19ClFN15. The Labute approximate surface area is 314 Å². The van der Waals surface area contributed by atoms with E-state index in [2.05, 4.69) is 54.6 Å². The van der Waals surface area contributed by atoms with E-state index in [1.165, 1.54) is 0 Å². The molecule has 54 heavy (non-hydrogen) atoms. The summed E-state index contributed by atoms with van der Waals surface area (Å²) in [6.45, 7) is 28.8. The second-order valence-electron chi connectivity index (χ2n) is 10.1. The van der Waals surface area contributed by atoms with E-state index < -0.39 is 7.15 Å². The Morgan fingerprint density at radius 2 is 0.963 bits per heavy atom. The highest BCUT2D eigenvalue weighted by Crippen LogP contribution is 2.52. The van der Waals surface area contributed by atoms with Crippen LogP contribution in [0.2, 0.25) is 5.15 Å².